The van der Waals surface area contributed by atoms with Crippen molar-refractivity contribution in [1.82, 2.24) is 15.0 Å². The number of hydrogen-bond acceptors (Lipinski definition) is 9. The second kappa shape index (κ2) is 19.2. The van der Waals surface area contributed by atoms with Crippen molar-refractivity contribution in [3.63, 3.8) is 0 Å². The highest BCUT2D eigenvalue weighted by atomic mass is 19.4. The molecule has 9 N–H and O–H groups in total. The SMILES string of the molecule is Cc1ccc2nc(C(=O)Nc3ccc4ncccc4c3)nc(NC3CCCCC3N=C(N)N)c2c1.O=C(O)C(F)(F)F.O=C(O)C(F)(F)F.O=C(O)C(F)(F)F. The summed E-state index contributed by atoms with van der Waals surface area (Å²) in [5.74, 6) is -7.88. The molecule has 1 aliphatic carbocycles. The number of carbonyl (C=O) groups is 4. The summed E-state index contributed by atoms with van der Waals surface area (Å²) in [6.07, 6.45) is -9.57. The molecule has 1 amide bonds. The van der Waals surface area contributed by atoms with Gasteiger partial charge in [0.15, 0.2) is 5.96 Å². The summed E-state index contributed by atoms with van der Waals surface area (Å²) in [7, 11) is 0. The van der Waals surface area contributed by atoms with E-state index in [9.17, 15) is 44.3 Å². The zero-order chi connectivity index (χ0) is 42.6. The van der Waals surface area contributed by atoms with E-state index in [0.29, 0.717) is 17.0 Å². The van der Waals surface area contributed by atoms with Crippen molar-refractivity contribution in [2.75, 3.05) is 10.6 Å². The van der Waals surface area contributed by atoms with Gasteiger partial charge in [-0.15, -0.1) is 0 Å². The molecule has 0 bridgehead atoms. The number of amides is 1. The molecular weight excluding hydrogens is 779 g/mol. The molecule has 1 saturated carbocycles. The lowest BCUT2D eigenvalue weighted by Crippen LogP contribution is -2.38. The Morgan fingerprint density at radius 2 is 1.30 bits per heavy atom. The topological polar surface area (TPSA) is 256 Å². The summed E-state index contributed by atoms with van der Waals surface area (Å²) in [5, 5.41) is 29.6. The number of carboxylic acids is 3. The molecule has 56 heavy (non-hydrogen) atoms. The summed E-state index contributed by atoms with van der Waals surface area (Å²) >= 11 is 0. The normalized spacial score (nSPS) is 15.3. The molecular formula is C32H31F9N8O7. The Balaban J connectivity index is 0.000000423. The third kappa shape index (κ3) is 14.7. The van der Waals surface area contributed by atoms with Crippen LogP contribution in [0.2, 0.25) is 0 Å². The maximum absolute atomic E-state index is 13.2. The molecule has 24 heteroatoms. The van der Waals surface area contributed by atoms with Gasteiger partial charge in [0.1, 0.15) is 5.82 Å². The van der Waals surface area contributed by atoms with E-state index < -0.39 is 36.4 Å². The first kappa shape index (κ1) is 45.7. The highest BCUT2D eigenvalue weighted by Gasteiger charge is 2.39. The van der Waals surface area contributed by atoms with E-state index in [-0.39, 0.29) is 29.8 Å². The van der Waals surface area contributed by atoms with E-state index in [1.165, 1.54) is 0 Å². The molecule has 0 aliphatic heterocycles. The van der Waals surface area contributed by atoms with Gasteiger partial charge in [-0.25, -0.2) is 29.3 Å². The van der Waals surface area contributed by atoms with Crippen LogP contribution < -0.4 is 22.1 Å². The molecule has 0 radical (unpaired) electrons. The summed E-state index contributed by atoms with van der Waals surface area (Å²) in [6, 6.07) is 15.2. The van der Waals surface area contributed by atoms with Crippen molar-refractivity contribution < 1.29 is 74.0 Å². The molecule has 0 spiro atoms. The number of aromatic nitrogens is 3. The first-order chi connectivity index (χ1) is 25.8. The standard InChI is InChI=1S/C26H28N8O.3C2HF3O2/c1-15-8-10-20-18(13-15)23(32-21-6-2-3-7-22(21)33-26(27)28)34-24(31-20)25(35)30-17-9-11-19-16(14-17)5-4-12-29-19;3*3-2(4,5)1(6)7/h4-5,8-14,21-22H,2-3,6-7H2,1H3,(H,30,35)(H4,27,28,33)(H,31,32,34);3*(H,6,7). The molecule has 15 nitrogen and oxygen atoms in total. The Morgan fingerprint density at radius 3 is 1.84 bits per heavy atom. The molecule has 5 rings (SSSR count). The number of hydrogen-bond donors (Lipinski definition) is 7. The third-order valence-corrected chi connectivity index (χ3v) is 7.01. The number of anilines is 2. The number of fused-ring (bicyclic) bond motifs is 2. The number of nitrogens with zero attached hydrogens (tertiary/aromatic N) is 4. The molecule has 304 valence electrons. The lowest BCUT2D eigenvalue weighted by atomic mass is 9.90. The highest BCUT2D eigenvalue weighted by Crippen LogP contribution is 2.28. The highest BCUT2D eigenvalue weighted by molar-refractivity contribution is 6.04. The van der Waals surface area contributed by atoms with Crippen molar-refractivity contribution in [3.05, 3.63) is 66.1 Å². The van der Waals surface area contributed by atoms with Crippen LogP contribution in [0.3, 0.4) is 0 Å². The summed E-state index contributed by atoms with van der Waals surface area (Å²) < 4.78 is 95.2. The predicted octanol–water partition coefficient (Wildman–Crippen LogP) is 5.64. The van der Waals surface area contributed by atoms with Gasteiger partial charge in [0, 0.05) is 22.7 Å². The van der Waals surface area contributed by atoms with Crippen LogP contribution in [0.4, 0.5) is 51.0 Å². The van der Waals surface area contributed by atoms with Crippen LogP contribution in [0, 0.1) is 6.92 Å². The van der Waals surface area contributed by atoms with Crippen molar-refractivity contribution in [1.29, 1.82) is 0 Å². The zero-order valence-corrected chi connectivity index (χ0v) is 28.5. The number of nitrogens with two attached hydrogens (primary N) is 2. The van der Waals surface area contributed by atoms with E-state index in [0.717, 1.165) is 47.5 Å². The lowest BCUT2D eigenvalue weighted by Gasteiger charge is -2.30. The molecule has 2 aromatic heterocycles. The number of guanidine groups is 1. The Labute approximate surface area is 308 Å². The van der Waals surface area contributed by atoms with Gasteiger partial charge in [0.25, 0.3) is 5.91 Å². The fourth-order valence-corrected chi connectivity index (χ4v) is 4.60. The van der Waals surface area contributed by atoms with E-state index >= 15 is 0 Å². The second-order valence-corrected chi connectivity index (χ2v) is 11.3. The summed E-state index contributed by atoms with van der Waals surface area (Å²) in [5.41, 5.74) is 14.6. The average molecular weight is 811 g/mol. The number of pyridine rings is 1. The minimum atomic E-state index is -5.08. The van der Waals surface area contributed by atoms with E-state index in [4.69, 9.17) is 41.2 Å². The fourth-order valence-electron chi connectivity index (χ4n) is 4.60. The van der Waals surface area contributed by atoms with Crippen molar-refractivity contribution in [3.8, 4) is 0 Å². The maximum Gasteiger partial charge on any atom is 0.490 e. The first-order valence-corrected chi connectivity index (χ1v) is 15.5. The van der Waals surface area contributed by atoms with E-state index in [1.54, 1.807) is 6.20 Å². The number of aliphatic carboxylic acids is 3. The number of benzene rings is 2. The van der Waals surface area contributed by atoms with Gasteiger partial charge < -0.3 is 37.4 Å². The van der Waals surface area contributed by atoms with Crippen LogP contribution in [-0.2, 0) is 14.4 Å². The van der Waals surface area contributed by atoms with Crippen molar-refractivity contribution in [2.24, 2.45) is 16.5 Å². The van der Waals surface area contributed by atoms with Gasteiger partial charge in [-0.2, -0.15) is 39.5 Å². The largest absolute Gasteiger partial charge is 0.490 e. The molecule has 4 aromatic rings. The fraction of sp³-hybridized carbons (Fsp3) is 0.312. The van der Waals surface area contributed by atoms with Gasteiger partial charge in [-0.3, -0.25) is 9.78 Å². The zero-order valence-electron chi connectivity index (χ0n) is 28.5. The third-order valence-electron chi connectivity index (χ3n) is 7.01. The monoisotopic (exact) mass is 810 g/mol. The Bertz CT molecular complexity index is 2000. The van der Waals surface area contributed by atoms with Crippen LogP contribution in [0.5, 0.6) is 0 Å². The first-order valence-electron chi connectivity index (χ1n) is 15.5. The van der Waals surface area contributed by atoms with Gasteiger partial charge in [-0.1, -0.05) is 30.5 Å². The summed E-state index contributed by atoms with van der Waals surface area (Å²) in [6.45, 7) is 2.02. The van der Waals surface area contributed by atoms with Crippen LogP contribution in [-0.4, -0.2) is 90.7 Å². The van der Waals surface area contributed by atoms with Gasteiger partial charge in [-0.05, 0) is 56.2 Å². The molecule has 2 aromatic carbocycles. The van der Waals surface area contributed by atoms with E-state index in [1.807, 2.05) is 55.5 Å². The Hall–Kier alpha value is -6.49. The quantitative estimate of drug-likeness (QED) is 0.0733. The number of aliphatic imine (C=N–C) groups is 1. The molecule has 1 aliphatic rings. The second-order valence-electron chi connectivity index (χ2n) is 11.3. The number of alkyl halides is 9. The molecule has 0 saturated heterocycles. The Morgan fingerprint density at radius 1 is 0.768 bits per heavy atom. The number of halogens is 9. The van der Waals surface area contributed by atoms with E-state index in [2.05, 4.69) is 30.6 Å². The smallest absolute Gasteiger partial charge is 0.475 e. The summed E-state index contributed by atoms with van der Waals surface area (Å²) in [4.78, 5) is 57.8. The number of nitrogens with one attached hydrogen (secondary N) is 2. The molecule has 2 unspecified atom stereocenters. The number of carboxylic acid groups (broad SMARTS) is 3. The van der Waals surface area contributed by atoms with Crippen LogP contribution in [0.25, 0.3) is 21.8 Å². The Kier molecular flexibility index (Phi) is 15.7. The predicted molar refractivity (Wildman–Crippen MR) is 181 cm³/mol. The lowest BCUT2D eigenvalue weighted by molar-refractivity contribution is -0.193. The van der Waals surface area contributed by atoms with Crippen LogP contribution in [0.1, 0.15) is 41.9 Å². The average Bonchev–Trinajstić information content (AvgIpc) is 3.08. The number of rotatable bonds is 5. The minimum Gasteiger partial charge on any atom is -0.475 e. The van der Waals surface area contributed by atoms with Crippen LogP contribution >= 0.6 is 0 Å². The molecule has 2 atom stereocenters. The maximum atomic E-state index is 13.2. The number of carbonyl (C=O) groups excluding carboxylic acids is 1. The van der Waals surface area contributed by atoms with Crippen molar-refractivity contribution in [2.45, 2.75) is 63.2 Å². The minimum absolute atomic E-state index is 0.00774. The molecule has 2 heterocycles. The molecule has 1 fully saturated rings. The number of aryl methyl sites for hydroxylation is 1. The van der Waals surface area contributed by atoms with Gasteiger partial charge >= 0.3 is 36.4 Å². The van der Waals surface area contributed by atoms with Gasteiger partial charge in [0.2, 0.25) is 5.82 Å². The van der Waals surface area contributed by atoms with Gasteiger partial charge in [0.05, 0.1) is 23.1 Å². The van der Waals surface area contributed by atoms with Crippen molar-refractivity contribution >= 4 is 63.1 Å². The van der Waals surface area contributed by atoms with Crippen LogP contribution in [0.15, 0.2) is 59.7 Å².